The van der Waals surface area contributed by atoms with Gasteiger partial charge in [0.1, 0.15) is 5.60 Å². The van der Waals surface area contributed by atoms with E-state index in [1.165, 1.54) is 0 Å². The maximum absolute atomic E-state index is 12.8. The van der Waals surface area contributed by atoms with Gasteiger partial charge in [0.2, 0.25) is 5.91 Å². The number of hydrogen-bond donors (Lipinski definition) is 0. The van der Waals surface area contributed by atoms with Gasteiger partial charge in [0.25, 0.3) is 0 Å². The van der Waals surface area contributed by atoms with Crippen LogP contribution in [0.5, 0.6) is 0 Å². The van der Waals surface area contributed by atoms with E-state index in [4.69, 9.17) is 4.74 Å². The highest BCUT2D eigenvalue weighted by atomic mass is 16.5. The lowest BCUT2D eigenvalue weighted by Crippen LogP contribution is -2.45. The first-order chi connectivity index (χ1) is 11.4. The van der Waals surface area contributed by atoms with Crippen LogP contribution in [0.1, 0.15) is 5.56 Å². The molecule has 6 heteroatoms. The van der Waals surface area contributed by atoms with Crippen LogP contribution in [-0.4, -0.2) is 49.1 Å². The van der Waals surface area contributed by atoms with E-state index in [1.807, 2.05) is 49.3 Å². The van der Waals surface area contributed by atoms with Gasteiger partial charge in [-0.3, -0.25) is 4.79 Å². The van der Waals surface area contributed by atoms with E-state index in [0.29, 0.717) is 13.1 Å². The Morgan fingerprint density at radius 1 is 1.38 bits per heavy atom. The summed E-state index contributed by atoms with van der Waals surface area (Å²) in [5, 5.41) is 11.4. The Hall–Kier alpha value is -2.34. The summed E-state index contributed by atoms with van der Waals surface area (Å²) in [6.07, 6.45) is 3.07. The standard InChI is InChI=1S/C18H20N2O4/c1-19(2)12-5-3-11(4-6-12)9-20-10-18-8-7-13(24-18)14(17(22)23)15(18)16(20)21/h3-8,13-15H,9-10H2,1-2H3,(H,22,23)/p-1/t13-,14-,15+,18-/m1/s1. The van der Waals surface area contributed by atoms with Gasteiger partial charge < -0.3 is 24.4 Å². The zero-order valence-electron chi connectivity index (χ0n) is 13.6. The smallest absolute Gasteiger partial charge is 0.230 e. The monoisotopic (exact) mass is 327 g/mol. The summed E-state index contributed by atoms with van der Waals surface area (Å²) in [7, 11) is 3.94. The number of nitrogens with zero attached hydrogens (tertiary/aromatic N) is 2. The molecule has 3 aliphatic rings. The van der Waals surface area contributed by atoms with E-state index in [2.05, 4.69) is 0 Å². The first-order valence-electron chi connectivity index (χ1n) is 8.04. The largest absolute Gasteiger partial charge is 0.550 e. The van der Waals surface area contributed by atoms with Gasteiger partial charge in [0.15, 0.2) is 0 Å². The fourth-order valence-corrected chi connectivity index (χ4v) is 4.10. The molecule has 6 nitrogen and oxygen atoms in total. The van der Waals surface area contributed by atoms with Crippen molar-refractivity contribution in [3.63, 3.8) is 0 Å². The summed E-state index contributed by atoms with van der Waals surface area (Å²) in [4.78, 5) is 27.9. The highest BCUT2D eigenvalue weighted by Crippen LogP contribution is 2.51. The van der Waals surface area contributed by atoms with Gasteiger partial charge in [-0.1, -0.05) is 24.3 Å². The fourth-order valence-electron chi connectivity index (χ4n) is 4.10. The lowest BCUT2D eigenvalue weighted by Gasteiger charge is -2.24. The highest BCUT2D eigenvalue weighted by Gasteiger charge is 2.65. The molecule has 1 spiro atoms. The van der Waals surface area contributed by atoms with Crippen molar-refractivity contribution in [1.29, 1.82) is 0 Å². The number of aliphatic carboxylic acids is 1. The van der Waals surface area contributed by atoms with Crippen molar-refractivity contribution in [2.75, 3.05) is 25.5 Å². The number of carbonyl (C=O) groups is 2. The van der Waals surface area contributed by atoms with Gasteiger partial charge in [0, 0.05) is 38.2 Å². The molecule has 126 valence electrons. The van der Waals surface area contributed by atoms with Gasteiger partial charge >= 0.3 is 0 Å². The number of likely N-dealkylation sites (tertiary alicyclic amines) is 1. The van der Waals surface area contributed by atoms with Crippen LogP contribution in [0.3, 0.4) is 0 Å². The summed E-state index contributed by atoms with van der Waals surface area (Å²) in [6.45, 7) is 0.842. The molecular formula is C18H19N2O4-. The van der Waals surface area contributed by atoms with Crippen LogP contribution >= 0.6 is 0 Å². The van der Waals surface area contributed by atoms with Crippen molar-refractivity contribution in [3.8, 4) is 0 Å². The minimum absolute atomic E-state index is 0.160. The van der Waals surface area contributed by atoms with Crippen LogP contribution < -0.4 is 10.0 Å². The molecular weight excluding hydrogens is 308 g/mol. The van der Waals surface area contributed by atoms with Crippen molar-refractivity contribution in [1.82, 2.24) is 4.90 Å². The second-order valence-corrected chi connectivity index (χ2v) is 6.97. The molecule has 1 aromatic rings. The Morgan fingerprint density at radius 3 is 2.71 bits per heavy atom. The van der Waals surface area contributed by atoms with Crippen molar-refractivity contribution in [3.05, 3.63) is 42.0 Å². The number of rotatable bonds is 4. The van der Waals surface area contributed by atoms with Crippen molar-refractivity contribution in [2.45, 2.75) is 18.2 Å². The molecule has 2 saturated heterocycles. The van der Waals surface area contributed by atoms with E-state index in [0.717, 1.165) is 11.3 Å². The number of carbonyl (C=O) groups excluding carboxylic acids is 2. The summed E-state index contributed by atoms with van der Waals surface area (Å²) in [5.74, 6) is -2.92. The van der Waals surface area contributed by atoms with Gasteiger partial charge in [-0.2, -0.15) is 0 Å². The predicted octanol–water partition coefficient (Wildman–Crippen LogP) is -0.215. The maximum Gasteiger partial charge on any atom is 0.230 e. The van der Waals surface area contributed by atoms with Gasteiger partial charge in [-0.05, 0) is 17.7 Å². The number of anilines is 1. The number of ether oxygens (including phenoxy) is 1. The highest BCUT2D eigenvalue weighted by molar-refractivity contribution is 5.90. The SMILES string of the molecule is CN(C)c1ccc(CN2C[C@@]34C=C[C@@H](O3)[C@@H](C(=O)[O-])[C@H]4C2=O)cc1. The molecule has 4 atom stereocenters. The Kier molecular flexibility index (Phi) is 3.22. The Morgan fingerprint density at radius 2 is 2.08 bits per heavy atom. The Labute approximate surface area is 140 Å². The second kappa shape index (κ2) is 5.08. The molecule has 1 amide bonds. The van der Waals surface area contributed by atoms with Crippen LogP contribution in [0.25, 0.3) is 0 Å². The van der Waals surface area contributed by atoms with Crippen molar-refractivity contribution >= 4 is 17.6 Å². The molecule has 0 aromatic heterocycles. The zero-order valence-corrected chi connectivity index (χ0v) is 13.6. The minimum Gasteiger partial charge on any atom is -0.550 e. The summed E-state index contributed by atoms with van der Waals surface area (Å²) < 4.78 is 5.85. The van der Waals surface area contributed by atoms with Crippen molar-refractivity contribution in [2.24, 2.45) is 11.8 Å². The average molecular weight is 327 g/mol. The van der Waals surface area contributed by atoms with E-state index >= 15 is 0 Å². The third kappa shape index (κ3) is 2.06. The minimum atomic E-state index is -1.21. The molecule has 0 N–H and O–H groups in total. The number of carboxylic acids is 1. The Bertz CT molecular complexity index is 727. The molecule has 2 bridgehead atoms. The van der Waals surface area contributed by atoms with E-state index in [1.54, 1.807) is 11.0 Å². The lowest BCUT2D eigenvalue weighted by molar-refractivity contribution is -0.313. The molecule has 2 fully saturated rings. The van der Waals surface area contributed by atoms with Crippen molar-refractivity contribution < 1.29 is 19.4 Å². The van der Waals surface area contributed by atoms with Crippen LogP contribution in [-0.2, 0) is 20.9 Å². The third-order valence-corrected chi connectivity index (χ3v) is 5.28. The molecule has 3 aliphatic heterocycles. The zero-order chi connectivity index (χ0) is 17.1. The number of carboxylic acid groups (broad SMARTS) is 1. The number of hydrogen-bond acceptors (Lipinski definition) is 5. The quantitative estimate of drug-likeness (QED) is 0.715. The molecule has 3 heterocycles. The van der Waals surface area contributed by atoms with E-state index in [9.17, 15) is 14.7 Å². The van der Waals surface area contributed by atoms with Crippen LogP contribution in [0.15, 0.2) is 36.4 Å². The van der Waals surface area contributed by atoms with Crippen LogP contribution in [0, 0.1) is 11.8 Å². The molecule has 0 aliphatic carbocycles. The number of benzene rings is 1. The molecule has 0 saturated carbocycles. The molecule has 0 unspecified atom stereocenters. The molecule has 0 radical (unpaired) electrons. The molecule has 24 heavy (non-hydrogen) atoms. The second-order valence-electron chi connectivity index (χ2n) is 6.97. The van der Waals surface area contributed by atoms with Gasteiger partial charge in [-0.25, -0.2) is 0 Å². The molecule has 1 aromatic carbocycles. The summed E-state index contributed by atoms with van der Waals surface area (Å²) >= 11 is 0. The maximum atomic E-state index is 12.8. The fraction of sp³-hybridized carbons (Fsp3) is 0.444. The molecule has 4 rings (SSSR count). The number of amides is 1. The van der Waals surface area contributed by atoms with Gasteiger partial charge in [-0.15, -0.1) is 0 Å². The van der Waals surface area contributed by atoms with Gasteiger partial charge in [0.05, 0.1) is 18.6 Å². The van der Waals surface area contributed by atoms with E-state index in [-0.39, 0.29) is 5.91 Å². The lowest BCUT2D eigenvalue weighted by atomic mass is 9.77. The predicted molar refractivity (Wildman–Crippen MR) is 84.9 cm³/mol. The topological polar surface area (TPSA) is 72.9 Å². The van der Waals surface area contributed by atoms with E-state index < -0.39 is 29.5 Å². The average Bonchev–Trinajstić information content (AvgIpc) is 3.16. The third-order valence-electron chi connectivity index (χ3n) is 5.28. The Balaban J connectivity index is 1.55. The normalized spacial score (nSPS) is 33.2. The summed E-state index contributed by atoms with van der Waals surface area (Å²) in [5.41, 5.74) is 1.30. The first-order valence-corrected chi connectivity index (χ1v) is 8.04. The summed E-state index contributed by atoms with van der Waals surface area (Å²) in [6, 6.07) is 7.97. The van der Waals surface area contributed by atoms with Crippen LogP contribution in [0.2, 0.25) is 0 Å². The van der Waals surface area contributed by atoms with Crippen LogP contribution in [0.4, 0.5) is 5.69 Å². The number of fused-ring (bicyclic) bond motifs is 1. The first kappa shape index (κ1) is 15.2.